The van der Waals surface area contributed by atoms with E-state index in [1.165, 1.54) is 18.2 Å². The minimum absolute atomic E-state index is 0.0495. The van der Waals surface area contributed by atoms with Crippen molar-refractivity contribution in [3.8, 4) is 0 Å². The molecule has 32 heavy (non-hydrogen) atoms. The number of esters is 1. The Labute approximate surface area is 188 Å². The third kappa shape index (κ3) is 5.38. The summed E-state index contributed by atoms with van der Waals surface area (Å²) in [6.45, 7) is 14.3. The van der Waals surface area contributed by atoms with Crippen molar-refractivity contribution in [2.75, 3.05) is 26.4 Å². The molecular formula is C23H32N2O7. The highest BCUT2D eigenvalue weighted by Crippen LogP contribution is 2.63. The van der Waals surface area contributed by atoms with E-state index in [4.69, 9.17) is 14.2 Å². The van der Waals surface area contributed by atoms with Crippen molar-refractivity contribution in [2.45, 2.75) is 32.2 Å². The Morgan fingerprint density at radius 2 is 1.62 bits per heavy atom. The predicted octanol–water partition coefficient (Wildman–Crippen LogP) is 2.83. The smallest absolute Gasteiger partial charge is 0.416 e. The largest absolute Gasteiger partial charge is 0.461 e. The maximum absolute atomic E-state index is 13.8. The van der Waals surface area contributed by atoms with Gasteiger partial charge in [0.1, 0.15) is 25.4 Å². The fourth-order valence-corrected chi connectivity index (χ4v) is 4.38. The summed E-state index contributed by atoms with van der Waals surface area (Å²) in [5, 5.41) is 2.67. The van der Waals surface area contributed by atoms with Crippen LogP contribution in [0.1, 0.15) is 26.7 Å². The van der Waals surface area contributed by atoms with Crippen molar-refractivity contribution in [3.05, 3.63) is 38.0 Å². The number of hydrogen-bond acceptors (Lipinski definition) is 7. The lowest BCUT2D eigenvalue weighted by Gasteiger charge is -2.35. The van der Waals surface area contributed by atoms with Crippen molar-refractivity contribution in [3.63, 3.8) is 0 Å². The summed E-state index contributed by atoms with van der Waals surface area (Å²) in [5.41, 5.74) is -1.48. The topological polar surface area (TPSA) is 111 Å². The number of carbonyl (C=O) groups excluding carboxylic acids is 4. The summed E-state index contributed by atoms with van der Waals surface area (Å²) < 4.78 is 15.3. The summed E-state index contributed by atoms with van der Waals surface area (Å²) in [6, 6.07) is 0. The Balaban J connectivity index is 2.36. The molecule has 9 nitrogen and oxygen atoms in total. The molecule has 2 rings (SSSR count). The van der Waals surface area contributed by atoms with Crippen molar-refractivity contribution < 1.29 is 33.4 Å². The van der Waals surface area contributed by atoms with Gasteiger partial charge in [-0.05, 0) is 24.7 Å². The first-order valence-corrected chi connectivity index (χ1v) is 10.7. The van der Waals surface area contributed by atoms with Crippen LogP contribution in [0.5, 0.6) is 0 Å². The lowest BCUT2D eigenvalue weighted by atomic mass is 9.88. The summed E-state index contributed by atoms with van der Waals surface area (Å²) >= 11 is 0. The first-order valence-electron chi connectivity index (χ1n) is 10.7. The second-order valence-corrected chi connectivity index (χ2v) is 8.33. The van der Waals surface area contributed by atoms with E-state index < -0.39 is 41.4 Å². The molecule has 3 amide bonds. The average Bonchev–Trinajstić information content (AvgIpc) is 3.39. The molecule has 2 saturated carbocycles. The number of hydrogen-bond donors (Lipinski definition) is 1. The number of carbonyl (C=O) groups is 4. The van der Waals surface area contributed by atoms with Crippen LogP contribution in [0.25, 0.3) is 0 Å². The molecule has 2 fully saturated rings. The van der Waals surface area contributed by atoms with Gasteiger partial charge in [0.2, 0.25) is 0 Å². The van der Waals surface area contributed by atoms with Gasteiger partial charge in [-0.25, -0.2) is 14.5 Å². The highest BCUT2D eigenvalue weighted by Gasteiger charge is 2.73. The van der Waals surface area contributed by atoms with Crippen molar-refractivity contribution in [1.82, 2.24) is 10.2 Å². The lowest BCUT2D eigenvalue weighted by molar-refractivity contribution is -0.146. The molecule has 1 N–H and O–H groups in total. The number of alkyl carbamates (subject to hydrolysis) is 1. The molecule has 0 aliphatic heterocycles. The fraction of sp³-hybridized carbons (Fsp3) is 0.565. The van der Waals surface area contributed by atoms with Crippen LogP contribution in [-0.2, 0) is 23.8 Å². The van der Waals surface area contributed by atoms with E-state index >= 15 is 0 Å². The molecule has 0 aromatic heterocycles. The number of rotatable bonds is 11. The van der Waals surface area contributed by atoms with E-state index in [-0.39, 0.29) is 44.6 Å². The zero-order chi connectivity index (χ0) is 23.9. The van der Waals surface area contributed by atoms with Gasteiger partial charge < -0.3 is 19.5 Å². The number of amides is 3. The highest BCUT2D eigenvalue weighted by molar-refractivity contribution is 6.01. The Bertz CT molecular complexity index is 778. The minimum Gasteiger partial charge on any atom is -0.461 e. The SMILES string of the molecule is C=CCOC(=O)N[C@@]1(C(=O)N(CC(C)C)C(=O)OCC=C)CC[C@H]2C(C(=O)OCC=C)[C@H]21. The van der Waals surface area contributed by atoms with Gasteiger partial charge in [0.25, 0.3) is 5.91 Å². The van der Waals surface area contributed by atoms with Gasteiger partial charge in [0.05, 0.1) is 5.92 Å². The molecule has 0 radical (unpaired) electrons. The summed E-state index contributed by atoms with van der Waals surface area (Å²) in [6.07, 6.45) is 3.37. The first kappa shape index (κ1) is 25.2. The zero-order valence-electron chi connectivity index (χ0n) is 18.7. The fourth-order valence-electron chi connectivity index (χ4n) is 4.38. The van der Waals surface area contributed by atoms with Gasteiger partial charge in [-0.1, -0.05) is 51.8 Å². The van der Waals surface area contributed by atoms with E-state index in [1.54, 1.807) is 0 Å². The molecule has 1 unspecified atom stereocenters. The third-order valence-electron chi connectivity index (χ3n) is 5.60. The second kappa shape index (κ2) is 11.0. The van der Waals surface area contributed by atoms with E-state index in [2.05, 4.69) is 25.1 Å². The quantitative estimate of drug-likeness (QED) is 0.294. The second-order valence-electron chi connectivity index (χ2n) is 8.33. The Kier molecular flexibility index (Phi) is 8.63. The molecule has 2 aliphatic carbocycles. The summed E-state index contributed by atoms with van der Waals surface area (Å²) in [5.74, 6) is -2.33. The summed E-state index contributed by atoms with van der Waals surface area (Å²) in [7, 11) is 0. The lowest BCUT2D eigenvalue weighted by Crippen LogP contribution is -2.62. The number of ether oxygens (including phenoxy) is 3. The van der Waals surface area contributed by atoms with Crippen LogP contribution >= 0.6 is 0 Å². The van der Waals surface area contributed by atoms with Gasteiger partial charge in [0, 0.05) is 12.5 Å². The van der Waals surface area contributed by atoms with E-state index in [9.17, 15) is 19.2 Å². The highest BCUT2D eigenvalue weighted by atomic mass is 16.6. The van der Waals surface area contributed by atoms with Crippen molar-refractivity contribution in [1.29, 1.82) is 0 Å². The van der Waals surface area contributed by atoms with Crippen LogP contribution < -0.4 is 5.32 Å². The molecule has 0 heterocycles. The van der Waals surface area contributed by atoms with Crippen LogP contribution in [-0.4, -0.2) is 60.9 Å². The minimum atomic E-state index is -1.48. The Hall–Kier alpha value is -3.10. The monoisotopic (exact) mass is 448 g/mol. The molecule has 4 atom stereocenters. The number of imide groups is 1. The number of nitrogens with one attached hydrogen (secondary N) is 1. The van der Waals surface area contributed by atoms with Crippen molar-refractivity contribution >= 4 is 24.1 Å². The number of nitrogens with zero attached hydrogens (tertiary/aromatic N) is 1. The molecular weight excluding hydrogens is 416 g/mol. The van der Waals surface area contributed by atoms with Crippen LogP contribution in [0, 0.1) is 23.7 Å². The van der Waals surface area contributed by atoms with Gasteiger partial charge in [-0.3, -0.25) is 9.59 Å². The van der Waals surface area contributed by atoms with E-state index in [0.29, 0.717) is 6.42 Å². The van der Waals surface area contributed by atoms with Crippen LogP contribution in [0.3, 0.4) is 0 Å². The van der Waals surface area contributed by atoms with Crippen LogP contribution in [0.4, 0.5) is 9.59 Å². The zero-order valence-corrected chi connectivity index (χ0v) is 18.7. The molecule has 0 saturated heterocycles. The maximum Gasteiger partial charge on any atom is 0.416 e. The molecule has 2 aliphatic rings. The van der Waals surface area contributed by atoms with Crippen LogP contribution in [0.2, 0.25) is 0 Å². The molecule has 9 heteroatoms. The Morgan fingerprint density at radius 3 is 2.22 bits per heavy atom. The normalized spacial score (nSPS) is 25.2. The maximum atomic E-state index is 13.8. The van der Waals surface area contributed by atoms with Gasteiger partial charge in [0.15, 0.2) is 0 Å². The Morgan fingerprint density at radius 1 is 1.03 bits per heavy atom. The van der Waals surface area contributed by atoms with Gasteiger partial charge in [-0.15, -0.1) is 0 Å². The first-order chi connectivity index (χ1) is 15.2. The molecule has 176 valence electrons. The average molecular weight is 449 g/mol. The molecule has 0 bridgehead atoms. The van der Waals surface area contributed by atoms with Gasteiger partial charge in [-0.2, -0.15) is 0 Å². The van der Waals surface area contributed by atoms with Gasteiger partial charge >= 0.3 is 18.2 Å². The molecule has 0 aromatic rings. The van der Waals surface area contributed by atoms with Crippen molar-refractivity contribution in [2.24, 2.45) is 23.7 Å². The predicted molar refractivity (Wildman–Crippen MR) is 116 cm³/mol. The van der Waals surface area contributed by atoms with E-state index in [0.717, 1.165) is 4.90 Å². The number of fused-ring (bicyclic) bond motifs is 1. The van der Waals surface area contributed by atoms with Crippen LogP contribution in [0.15, 0.2) is 38.0 Å². The molecule has 0 spiro atoms. The third-order valence-corrected chi connectivity index (χ3v) is 5.60. The van der Waals surface area contributed by atoms with E-state index in [1.807, 2.05) is 13.8 Å². The molecule has 0 aromatic carbocycles. The summed E-state index contributed by atoms with van der Waals surface area (Å²) in [4.78, 5) is 52.4. The standard InChI is InChI=1S/C23H32N2O7/c1-6-11-30-19(26)17-16-9-10-23(18(16)17,24-21(28)31-12-7-2)20(27)25(14-15(4)5)22(29)32-13-8-3/h6-8,15-18H,1-3,9-14H2,4-5H3,(H,24,28)/t16-,17?,18-,23-/m0/s1.